The first-order valence-electron chi connectivity index (χ1n) is 8.85. The molecular formula is C19H18BrF3N2O3S. The molecule has 0 saturated carbocycles. The van der Waals surface area contributed by atoms with E-state index in [1.54, 1.807) is 6.07 Å². The van der Waals surface area contributed by atoms with Crippen molar-refractivity contribution in [3.63, 3.8) is 0 Å². The van der Waals surface area contributed by atoms with Gasteiger partial charge in [0, 0.05) is 30.0 Å². The van der Waals surface area contributed by atoms with Gasteiger partial charge in [0.15, 0.2) is 0 Å². The number of benzene rings is 2. The standard InChI is InChI=1S/C19H18BrF3N2O3S/c20-16-3-1-14(21)9-13(16)11-24-19(26)12-5-7-25(8-6-12)29(27,28)18-10-15(22)2-4-17(18)23/h1-4,9-10,12H,5-8,11H2,(H,24,26). The molecule has 29 heavy (non-hydrogen) atoms. The Morgan fingerprint density at radius 3 is 2.38 bits per heavy atom. The van der Waals surface area contributed by atoms with Crippen LogP contribution in [0.1, 0.15) is 18.4 Å². The number of halogens is 4. The summed E-state index contributed by atoms with van der Waals surface area (Å²) in [5.74, 6) is -2.98. The maximum atomic E-state index is 13.9. The first-order chi connectivity index (χ1) is 13.7. The summed E-state index contributed by atoms with van der Waals surface area (Å²) in [6.07, 6.45) is 0.485. The molecule has 0 atom stereocenters. The van der Waals surface area contributed by atoms with E-state index >= 15 is 0 Å². The Bertz CT molecular complexity index is 1030. The fraction of sp³-hybridized carbons (Fsp3) is 0.316. The number of rotatable bonds is 5. The molecule has 2 aromatic rings. The zero-order valence-electron chi connectivity index (χ0n) is 15.2. The molecule has 1 amide bonds. The van der Waals surface area contributed by atoms with E-state index in [0.29, 0.717) is 16.1 Å². The van der Waals surface area contributed by atoms with Gasteiger partial charge >= 0.3 is 0 Å². The summed E-state index contributed by atoms with van der Waals surface area (Å²) in [5, 5.41) is 2.73. The van der Waals surface area contributed by atoms with E-state index in [1.165, 1.54) is 12.1 Å². The Labute approximate surface area is 175 Å². The molecule has 1 N–H and O–H groups in total. The zero-order chi connectivity index (χ0) is 21.2. The zero-order valence-corrected chi connectivity index (χ0v) is 17.6. The minimum atomic E-state index is -4.19. The maximum absolute atomic E-state index is 13.9. The predicted octanol–water partition coefficient (Wildman–Crippen LogP) is 3.58. The van der Waals surface area contributed by atoms with Crippen LogP contribution in [0, 0.1) is 23.4 Å². The van der Waals surface area contributed by atoms with Crippen LogP contribution in [0.3, 0.4) is 0 Å². The van der Waals surface area contributed by atoms with E-state index in [4.69, 9.17) is 0 Å². The summed E-state index contributed by atoms with van der Waals surface area (Å²) >= 11 is 3.29. The van der Waals surface area contributed by atoms with Gasteiger partial charge in [-0.25, -0.2) is 21.6 Å². The van der Waals surface area contributed by atoms with Gasteiger partial charge in [0.25, 0.3) is 0 Å². The average Bonchev–Trinajstić information content (AvgIpc) is 2.70. The monoisotopic (exact) mass is 490 g/mol. The van der Waals surface area contributed by atoms with E-state index in [0.717, 1.165) is 16.4 Å². The number of amides is 1. The lowest BCUT2D eigenvalue weighted by Gasteiger charge is -2.30. The number of nitrogens with one attached hydrogen (secondary N) is 1. The van der Waals surface area contributed by atoms with Crippen LogP contribution in [0.4, 0.5) is 13.2 Å². The molecule has 2 aromatic carbocycles. The Morgan fingerprint density at radius 2 is 1.69 bits per heavy atom. The van der Waals surface area contributed by atoms with Gasteiger partial charge in [-0.05, 0) is 54.8 Å². The van der Waals surface area contributed by atoms with Crippen LogP contribution in [0.5, 0.6) is 0 Å². The first-order valence-corrected chi connectivity index (χ1v) is 11.1. The Hall–Kier alpha value is -1.91. The van der Waals surface area contributed by atoms with E-state index in [9.17, 15) is 26.4 Å². The molecule has 1 heterocycles. The maximum Gasteiger partial charge on any atom is 0.246 e. The largest absolute Gasteiger partial charge is 0.352 e. The highest BCUT2D eigenvalue weighted by Crippen LogP contribution is 2.26. The van der Waals surface area contributed by atoms with Crippen molar-refractivity contribution >= 4 is 31.9 Å². The van der Waals surface area contributed by atoms with Gasteiger partial charge in [-0.2, -0.15) is 4.31 Å². The van der Waals surface area contributed by atoms with E-state index in [-0.39, 0.29) is 38.4 Å². The number of sulfonamides is 1. The molecule has 0 aromatic heterocycles. The van der Waals surface area contributed by atoms with Gasteiger partial charge in [-0.1, -0.05) is 15.9 Å². The molecule has 1 fully saturated rings. The summed E-state index contributed by atoms with van der Waals surface area (Å²) in [6, 6.07) is 6.43. The second kappa shape index (κ2) is 8.85. The van der Waals surface area contributed by atoms with Gasteiger partial charge in [0.1, 0.15) is 22.3 Å². The normalized spacial score (nSPS) is 16.0. The minimum absolute atomic E-state index is 0.0139. The lowest BCUT2D eigenvalue weighted by Crippen LogP contribution is -2.43. The molecular weight excluding hydrogens is 473 g/mol. The highest BCUT2D eigenvalue weighted by atomic mass is 79.9. The fourth-order valence-electron chi connectivity index (χ4n) is 3.18. The van der Waals surface area contributed by atoms with Crippen molar-refractivity contribution in [3.8, 4) is 0 Å². The van der Waals surface area contributed by atoms with Crippen molar-refractivity contribution in [1.29, 1.82) is 0 Å². The topological polar surface area (TPSA) is 66.5 Å². The van der Waals surface area contributed by atoms with Crippen LogP contribution in [0.2, 0.25) is 0 Å². The van der Waals surface area contributed by atoms with Crippen molar-refractivity contribution in [1.82, 2.24) is 9.62 Å². The molecule has 0 radical (unpaired) electrons. The third-order valence-corrected chi connectivity index (χ3v) is 7.48. The van der Waals surface area contributed by atoms with Crippen LogP contribution in [-0.2, 0) is 21.4 Å². The van der Waals surface area contributed by atoms with Crippen molar-refractivity contribution in [2.45, 2.75) is 24.3 Å². The first kappa shape index (κ1) is 21.8. The number of nitrogens with zero attached hydrogens (tertiary/aromatic N) is 1. The van der Waals surface area contributed by atoms with Crippen LogP contribution in [0.15, 0.2) is 45.8 Å². The molecule has 10 heteroatoms. The van der Waals surface area contributed by atoms with Crippen LogP contribution >= 0.6 is 15.9 Å². The van der Waals surface area contributed by atoms with Crippen molar-refractivity contribution in [2.75, 3.05) is 13.1 Å². The van der Waals surface area contributed by atoms with E-state index in [1.807, 2.05) is 0 Å². The molecule has 0 unspecified atom stereocenters. The second-order valence-electron chi connectivity index (χ2n) is 6.71. The Balaban J connectivity index is 1.60. The second-order valence-corrected chi connectivity index (χ2v) is 9.47. The van der Waals surface area contributed by atoms with E-state index < -0.39 is 38.3 Å². The van der Waals surface area contributed by atoms with Gasteiger partial charge in [-0.15, -0.1) is 0 Å². The molecule has 0 bridgehead atoms. The van der Waals surface area contributed by atoms with Crippen molar-refractivity contribution in [3.05, 3.63) is 63.9 Å². The highest BCUT2D eigenvalue weighted by molar-refractivity contribution is 9.10. The SMILES string of the molecule is O=C(NCc1cc(F)ccc1Br)C1CCN(S(=O)(=O)c2cc(F)ccc2F)CC1. The summed E-state index contributed by atoms with van der Waals surface area (Å²) in [4.78, 5) is 11.7. The fourth-order valence-corrected chi connectivity index (χ4v) is 5.11. The number of hydrogen-bond donors (Lipinski definition) is 1. The van der Waals surface area contributed by atoms with Crippen molar-refractivity contribution in [2.24, 2.45) is 5.92 Å². The minimum Gasteiger partial charge on any atom is -0.352 e. The van der Waals surface area contributed by atoms with Crippen LogP contribution in [-0.4, -0.2) is 31.7 Å². The average molecular weight is 491 g/mol. The molecule has 1 aliphatic heterocycles. The van der Waals surface area contributed by atoms with Crippen LogP contribution in [0.25, 0.3) is 0 Å². The number of carbonyl (C=O) groups excluding carboxylic acids is 1. The lowest BCUT2D eigenvalue weighted by atomic mass is 9.97. The quantitative estimate of drug-likeness (QED) is 0.696. The third-order valence-electron chi connectivity index (χ3n) is 4.80. The van der Waals surface area contributed by atoms with Gasteiger partial charge < -0.3 is 5.32 Å². The van der Waals surface area contributed by atoms with Crippen LogP contribution < -0.4 is 5.32 Å². The molecule has 3 rings (SSSR count). The number of carbonyl (C=O) groups is 1. The highest BCUT2D eigenvalue weighted by Gasteiger charge is 2.33. The molecule has 0 spiro atoms. The Kier molecular flexibility index (Phi) is 6.65. The van der Waals surface area contributed by atoms with Gasteiger partial charge in [0.2, 0.25) is 15.9 Å². The molecule has 0 aliphatic carbocycles. The summed E-state index contributed by atoms with van der Waals surface area (Å²) in [6.45, 7) is 0.157. The summed E-state index contributed by atoms with van der Waals surface area (Å²) in [5.41, 5.74) is 0.583. The van der Waals surface area contributed by atoms with E-state index in [2.05, 4.69) is 21.2 Å². The number of hydrogen-bond acceptors (Lipinski definition) is 3. The van der Waals surface area contributed by atoms with Crippen molar-refractivity contribution < 1.29 is 26.4 Å². The summed E-state index contributed by atoms with van der Waals surface area (Å²) in [7, 11) is -4.19. The third kappa shape index (κ3) is 4.99. The van der Waals surface area contributed by atoms with Gasteiger partial charge in [0.05, 0.1) is 0 Å². The smallest absolute Gasteiger partial charge is 0.246 e. The molecule has 5 nitrogen and oxygen atoms in total. The molecule has 1 saturated heterocycles. The summed E-state index contributed by atoms with van der Waals surface area (Å²) < 4.78 is 67.5. The molecule has 156 valence electrons. The number of piperidine rings is 1. The predicted molar refractivity (Wildman–Crippen MR) is 104 cm³/mol. The Morgan fingerprint density at radius 1 is 1.07 bits per heavy atom. The molecule has 1 aliphatic rings. The lowest BCUT2D eigenvalue weighted by molar-refractivity contribution is -0.126. The van der Waals surface area contributed by atoms with Gasteiger partial charge in [-0.3, -0.25) is 4.79 Å².